The van der Waals surface area contributed by atoms with Gasteiger partial charge in [-0.1, -0.05) is 97.3 Å². The summed E-state index contributed by atoms with van der Waals surface area (Å²) in [5.74, 6) is 0.855. The van der Waals surface area contributed by atoms with Gasteiger partial charge < -0.3 is 5.32 Å². The first-order chi connectivity index (χ1) is 11.2. The van der Waals surface area contributed by atoms with Gasteiger partial charge in [0.2, 0.25) is 0 Å². The number of unbranched alkanes of at least 4 members (excludes halogenated alkanes) is 11. The Kier molecular flexibility index (Phi) is 12.1. The highest BCUT2D eigenvalue weighted by molar-refractivity contribution is 4.91. The van der Waals surface area contributed by atoms with E-state index in [4.69, 9.17) is 0 Å². The highest BCUT2D eigenvalue weighted by Crippen LogP contribution is 2.33. The van der Waals surface area contributed by atoms with Gasteiger partial charge in [0, 0.05) is 5.54 Å². The van der Waals surface area contributed by atoms with Gasteiger partial charge in [0.05, 0.1) is 0 Å². The minimum Gasteiger partial charge on any atom is -0.311 e. The maximum absolute atomic E-state index is 3.88. The van der Waals surface area contributed by atoms with Gasteiger partial charge in [-0.05, 0) is 38.6 Å². The molecular weight excluding hydrogens is 278 g/mol. The van der Waals surface area contributed by atoms with Crippen LogP contribution in [0.5, 0.6) is 0 Å². The van der Waals surface area contributed by atoms with E-state index >= 15 is 0 Å². The van der Waals surface area contributed by atoms with Crippen LogP contribution in [0.2, 0.25) is 0 Å². The monoisotopic (exact) mass is 323 g/mol. The predicted octanol–water partition coefficient (Wildman–Crippen LogP) is 7.25. The van der Waals surface area contributed by atoms with Gasteiger partial charge >= 0.3 is 0 Å². The first-order valence-electron chi connectivity index (χ1n) is 10.9. The fourth-order valence-corrected chi connectivity index (χ4v) is 4.11. The van der Waals surface area contributed by atoms with Crippen molar-refractivity contribution in [3.63, 3.8) is 0 Å². The first-order valence-corrected chi connectivity index (χ1v) is 10.9. The molecule has 0 radical (unpaired) electrons. The average molecular weight is 324 g/mol. The Morgan fingerprint density at radius 1 is 0.783 bits per heavy atom. The molecule has 1 heteroatoms. The van der Waals surface area contributed by atoms with E-state index in [9.17, 15) is 0 Å². The number of nitrogens with one attached hydrogen (secondary N) is 1. The molecule has 1 N–H and O–H groups in total. The Morgan fingerprint density at radius 2 is 1.30 bits per heavy atom. The fourth-order valence-electron chi connectivity index (χ4n) is 4.11. The maximum atomic E-state index is 3.88. The quantitative estimate of drug-likeness (QED) is 0.332. The standard InChI is InChI=1S/C22H45N/c1-4-5-6-7-8-9-10-11-12-13-14-17-20-23-22(3)19-16-15-18-21(22)2/h21,23H,4-20H2,1-3H3. The van der Waals surface area contributed by atoms with Gasteiger partial charge in [-0.3, -0.25) is 0 Å². The summed E-state index contributed by atoms with van der Waals surface area (Å²) in [4.78, 5) is 0. The zero-order chi connectivity index (χ0) is 16.8. The van der Waals surface area contributed by atoms with Crippen molar-refractivity contribution < 1.29 is 0 Å². The van der Waals surface area contributed by atoms with Crippen LogP contribution in [0.4, 0.5) is 0 Å². The number of hydrogen-bond donors (Lipinski definition) is 1. The summed E-state index contributed by atoms with van der Waals surface area (Å²) in [7, 11) is 0. The number of hydrogen-bond acceptors (Lipinski definition) is 1. The molecule has 0 amide bonds. The Morgan fingerprint density at radius 3 is 1.83 bits per heavy atom. The summed E-state index contributed by atoms with van der Waals surface area (Å²) in [5.41, 5.74) is 0.427. The van der Waals surface area contributed by atoms with Gasteiger partial charge in [-0.25, -0.2) is 0 Å². The van der Waals surface area contributed by atoms with Crippen LogP contribution in [0.1, 0.15) is 124 Å². The van der Waals surface area contributed by atoms with E-state index < -0.39 is 0 Å². The lowest BCUT2D eigenvalue weighted by molar-refractivity contribution is 0.173. The Hall–Kier alpha value is -0.0400. The average Bonchev–Trinajstić information content (AvgIpc) is 2.55. The molecule has 0 aromatic rings. The molecule has 1 nitrogen and oxygen atoms in total. The lowest BCUT2D eigenvalue weighted by atomic mass is 9.75. The molecule has 0 aromatic carbocycles. The summed E-state index contributed by atoms with van der Waals surface area (Å²) < 4.78 is 0. The maximum Gasteiger partial charge on any atom is 0.0178 e. The van der Waals surface area contributed by atoms with E-state index in [-0.39, 0.29) is 0 Å². The second kappa shape index (κ2) is 13.3. The third-order valence-electron chi connectivity index (χ3n) is 6.23. The van der Waals surface area contributed by atoms with Crippen molar-refractivity contribution in [2.24, 2.45) is 5.92 Å². The molecule has 0 aromatic heterocycles. The highest BCUT2D eigenvalue weighted by atomic mass is 15.0. The Labute approximate surface area is 147 Å². The number of rotatable bonds is 14. The van der Waals surface area contributed by atoms with E-state index in [2.05, 4.69) is 26.1 Å². The molecule has 0 heterocycles. The van der Waals surface area contributed by atoms with Crippen LogP contribution < -0.4 is 5.32 Å². The largest absolute Gasteiger partial charge is 0.311 e. The van der Waals surface area contributed by atoms with Crippen molar-refractivity contribution in [2.45, 2.75) is 129 Å². The van der Waals surface area contributed by atoms with Crippen LogP contribution in [0.25, 0.3) is 0 Å². The van der Waals surface area contributed by atoms with Crippen LogP contribution in [-0.2, 0) is 0 Å². The normalized spacial score (nSPS) is 24.9. The van der Waals surface area contributed by atoms with Crippen LogP contribution in [0.3, 0.4) is 0 Å². The zero-order valence-electron chi connectivity index (χ0n) is 16.6. The van der Waals surface area contributed by atoms with E-state index in [0.717, 1.165) is 5.92 Å². The van der Waals surface area contributed by atoms with Crippen molar-refractivity contribution in [2.75, 3.05) is 6.54 Å². The predicted molar refractivity (Wildman–Crippen MR) is 105 cm³/mol. The highest BCUT2D eigenvalue weighted by Gasteiger charge is 2.32. The van der Waals surface area contributed by atoms with Crippen LogP contribution in [-0.4, -0.2) is 12.1 Å². The molecule has 1 rings (SSSR count). The van der Waals surface area contributed by atoms with Crippen molar-refractivity contribution in [1.29, 1.82) is 0 Å². The lowest BCUT2D eigenvalue weighted by Crippen LogP contribution is -2.49. The molecular formula is C22H45N. The van der Waals surface area contributed by atoms with Gasteiger partial charge in [0.25, 0.3) is 0 Å². The van der Waals surface area contributed by atoms with Crippen molar-refractivity contribution in [3.05, 3.63) is 0 Å². The van der Waals surface area contributed by atoms with E-state index in [1.165, 1.54) is 109 Å². The summed E-state index contributed by atoms with van der Waals surface area (Å²) in [6, 6.07) is 0. The Balaban J connectivity index is 1.83. The van der Waals surface area contributed by atoms with Crippen LogP contribution in [0, 0.1) is 5.92 Å². The molecule has 0 bridgehead atoms. The smallest absolute Gasteiger partial charge is 0.0178 e. The first kappa shape index (κ1) is 21.0. The molecule has 23 heavy (non-hydrogen) atoms. The molecule has 0 saturated heterocycles. The summed E-state index contributed by atoms with van der Waals surface area (Å²) >= 11 is 0. The molecule has 1 aliphatic rings. The summed E-state index contributed by atoms with van der Waals surface area (Å²) in [6.07, 6.45) is 23.0. The topological polar surface area (TPSA) is 12.0 Å². The zero-order valence-corrected chi connectivity index (χ0v) is 16.6. The third kappa shape index (κ3) is 9.75. The van der Waals surface area contributed by atoms with Crippen LogP contribution >= 0.6 is 0 Å². The molecule has 0 spiro atoms. The van der Waals surface area contributed by atoms with Crippen molar-refractivity contribution >= 4 is 0 Å². The van der Waals surface area contributed by atoms with E-state index in [1.54, 1.807) is 0 Å². The fraction of sp³-hybridized carbons (Fsp3) is 1.00. The minimum atomic E-state index is 0.427. The lowest BCUT2D eigenvalue weighted by Gasteiger charge is -2.40. The molecule has 1 aliphatic carbocycles. The molecule has 138 valence electrons. The molecule has 2 unspecified atom stereocenters. The third-order valence-corrected chi connectivity index (χ3v) is 6.23. The van der Waals surface area contributed by atoms with Gasteiger partial charge in [0.15, 0.2) is 0 Å². The van der Waals surface area contributed by atoms with E-state index in [0.29, 0.717) is 5.54 Å². The molecule has 0 aliphatic heterocycles. The summed E-state index contributed by atoms with van der Waals surface area (Å²) in [6.45, 7) is 8.43. The van der Waals surface area contributed by atoms with Gasteiger partial charge in [0.1, 0.15) is 0 Å². The van der Waals surface area contributed by atoms with Crippen molar-refractivity contribution in [3.8, 4) is 0 Å². The molecule has 2 atom stereocenters. The molecule has 1 saturated carbocycles. The van der Waals surface area contributed by atoms with E-state index in [1.807, 2.05) is 0 Å². The summed E-state index contributed by atoms with van der Waals surface area (Å²) in [5, 5.41) is 3.88. The Bertz CT molecular complexity index is 263. The second-order valence-electron chi connectivity index (χ2n) is 8.38. The van der Waals surface area contributed by atoms with Gasteiger partial charge in [-0.2, -0.15) is 0 Å². The van der Waals surface area contributed by atoms with Crippen LogP contribution in [0.15, 0.2) is 0 Å². The van der Waals surface area contributed by atoms with Gasteiger partial charge in [-0.15, -0.1) is 0 Å². The van der Waals surface area contributed by atoms with Crippen molar-refractivity contribution in [1.82, 2.24) is 5.32 Å². The SMILES string of the molecule is CCCCCCCCCCCCCCNC1(C)CCCCC1C. The second-order valence-corrected chi connectivity index (χ2v) is 8.38. The minimum absolute atomic E-state index is 0.427. The molecule has 1 fully saturated rings.